The number of halogens is 1. The molecular weight excluding hydrogens is 374 g/mol. The van der Waals surface area contributed by atoms with Gasteiger partial charge in [0.15, 0.2) is 0 Å². The molecule has 2 aromatic carbocycles. The van der Waals surface area contributed by atoms with E-state index in [-0.39, 0.29) is 0 Å². The second kappa shape index (κ2) is 7.10. The van der Waals surface area contributed by atoms with Gasteiger partial charge in [-0.1, -0.05) is 47.1 Å². The molecule has 2 aromatic heterocycles. The van der Waals surface area contributed by atoms with Crippen molar-refractivity contribution in [2.75, 3.05) is 0 Å². The van der Waals surface area contributed by atoms with Crippen molar-refractivity contribution in [2.24, 2.45) is 0 Å². The molecule has 0 amide bonds. The van der Waals surface area contributed by atoms with E-state index >= 15 is 0 Å². The Hall–Kier alpha value is -2.17. The molecule has 4 rings (SSSR count). The molecular formula is C22H22ClN3S. The summed E-state index contributed by atoms with van der Waals surface area (Å²) in [4.78, 5) is 2.49. The zero-order valence-electron chi connectivity index (χ0n) is 15.9. The molecule has 5 heteroatoms. The van der Waals surface area contributed by atoms with Crippen molar-refractivity contribution >= 4 is 34.3 Å². The van der Waals surface area contributed by atoms with Crippen molar-refractivity contribution in [1.29, 1.82) is 0 Å². The van der Waals surface area contributed by atoms with Crippen LogP contribution < -0.4 is 0 Å². The third-order valence-corrected chi connectivity index (χ3v) is 6.14. The summed E-state index contributed by atoms with van der Waals surface area (Å²) in [5, 5.41) is 6.47. The maximum atomic E-state index is 6.34. The molecule has 0 radical (unpaired) electrons. The summed E-state index contributed by atoms with van der Waals surface area (Å²) in [6.45, 7) is 8.56. The number of aromatic nitrogens is 3. The lowest BCUT2D eigenvalue weighted by molar-refractivity contribution is 0.532. The Bertz CT molecular complexity index is 1120. The first-order chi connectivity index (χ1) is 12.9. The molecule has 138 valence electrons. The molecule has 4 aromatic rings. The van der Waals surface area contributed by atoms with Gasteiger partial charge in [-0.3, -0.25) is 4.68 Å². The van der Waals surface area contributed by atoms with Crippen LogP contribution in [0.1, 0.15) is 31.1 Å². The van der Waals surface area contributed by atoms with E-state index in [0.29, 0.717) is 6.04 Å². The summed E-state index contributed by atoms with van der Waals surface area (Å²) in [6.07, 6.45) is 4.02. The number of hydrogen-bond donors (Lipinski definition) is 0. The molecule has 3 nitrogen and oxygen atoms in total. The van der Waals surface area contributed by atoms with Gasteiger partial charge in [0.25, 0.3) is 0 Å². The second-order valence-electron chi connectivity index (χ2n) is 7.10. The van der Waals surface area contributed by atoms with Crippen LogP contribution in [0.2, 0.25) is 5.02 Å². The van der Waals surface area contributed by atoms with Crippen LogP contribution in [0.25, 0.3) is 16.6 Å². The number of fused-ring (bicyclic) bond motifs is 1. The molecule has 27 heavy (non-hydrogen) atoms. The SMILES string of the molecule is Cc1cccc(Sc2c(C)n(-c3cnn(C(C)C)c3)c3cc(Cl)ccc23)c1. The highest BCUT2D eigenvalue weighted by molar-refractivity contribution is 7.99. The molecule has 0 unspecified atom stereocenters. The zero-order valence-corrected chi connectivity index (χ0v) is 17.5. The second-order valence-corrected chi connectivity index (χ2v) is 8.62. The molecule has 0 N–H and O–H groups in total. The lowest BCUT2D eigenvalue weighted by atomic mass is 10.2. The summed E-state index contributed by atoms with van der Waals surface area (Å²) in [5.74, 6) is 0. The van der Waals surface area contributed by atoms with Crippen LogP contribution in [-0.4, -0.2) is 14.3 Å². The average molecular weight is 396 g/mol. The number of rotatable bonds is 4. The minimum absolute atomic E-state index is 0.325. The van der Waals surface area contributed by atoms with E-state index in [4.69, 9.17) is 11.6 Å². The number of hydrogen-bond acceptors (Lipinski definition) is 2. The fourth-order valence-electron chi connectivity index (χ4n) is 3.34. The highest BCUT2D eigenvalue weighted by atomic mass is 35.5. The van der Waals surface area contributed by atoms with Gasteiger partial charge in [-0.25, -0.2) is 0 Å². The molecule has 0 aliphatic carbocycles. The summed E-state index contributed by atoms with van der Waals surface area (Å²) < 4.78 is 4.24. The smallest absolute Gasteiger partial charge is 0.0841 e. The van der Waals surface area contributed by atoms with Crippen LogP contribution in [0, 0.1) is 13.8 Å². The predicted molar refractivity (Wildman–Crippen MR) is 114 cm³/mol. The largest absolute Gasteiger partial charge is 0.310 e. The van der Waals surface area contributed by atoms with Crippen LogP contribution in [0.15, 0.2) is 64.6 Å². The predicted octanol–water partition coefficient (Wildman–Crippen LogP) is 6.83. The first-order valence-electron chi connectivity index (χ1n) is 9.03. The van der Waals surface area contributed by atoms with Crippen LogP contribution >= 0.6 is 23.4 Å². The van der Waals surface area contributed by atoms with Gasteiger partial charge in [0, 0.05) is 38.1 Å². The quantitative estimate of drug-likeness (QED) is 0.378. The van der Waals surface area contributed by atoms with Gasteiger partial charge in [0.05, 0.1) is 17.4 Å². The van der Waals surface area contributed by atoms with E-state index in [1.54, 1.807) is 11.8 Å². The topological polar surface area (TPSA) is 22.8 Å². The molecule has 2 heterocycles. The average Bonchev–Trinajstić information content (AvgIpc) is 3.19. The van der Waals surface area contributed by atoms with Gasteiger partial charge in [-0.15, -0.1) is 0 Å². The van der Waals surface area contributed by atoms with E-state index < -0.39 is 0 Å². The molecule has 0 aliphatic rings. The van der Waals surface area contributed by atoms with Crippen molar-refractivity contribution in [3.05, 3.63) is 71.1 Å². The third kappa shape index (κ3) is 3.40. The highest BCUT2D eigenvalue weighted by Gasteiger charge is 2.18. The van der Waals surface area contributed by atoms with Crippen molar-refractivity contribution < 1.29 is 0 Å². The molecule has 0 saturated heterocycles. The van der Waals surface area contributed by atoms with Crippen molar-refractivity contribution in [3.8, 4) is 5.69 Å². The molecule has 0 aliphatic heterocycles. The number of nitrogens with zero attached hydrogens (tertiary/aromatic N) is 3. The van der Waals surface area contributed by atoms with Crippen molar-refractivity contribution in [1.82, 2.24) is 14.3 Å². The van der Waals surface area contributed by atoms with E-state index in [9.17, 15) is 0 Å². The maximum absolute atomic E-state index is 6.34. The summed E-state index contributed by atoms with van der Waals surface area (Å²) in [7, 11) is 0. The fraction of sp³-hybridized carbons (Fsp3) is 0.227. The van der Waals surface area contributed by atoms with E-state index in [1.807, 2.05) is 23.0 Å². The summed E-state index contributed by atoms with van der Waals surface area (Å²) >= 11 is 8.14. The molecule has 0 bridgehead atoms. The molecule has 0 saturated carbocycles. The molecule has 0 fully saturated rings. The Morgan fingerprint density at radius 1 is 1.07 bits per heavy atom. The lowest BCUT2D eigenvalue weighted by Gasteiger charge is -2.07. The summed E-state index contributed by atoms with van der Waals surface area (Å²) in [5.41, 5.74) is 4.63. The summed E-state index contributed by atoms with van der Waals surface area (Å²) in [6, 6.07) is 15.1. The van der Waals surface area contributed by atoms with Crippen LogP contribution in [0.4, 0.5) is 0 Å². The van der Waals surface area contributed by atoms with E-state index in [1.165, 1.54) is 26.4 Å². The Morgan fingerprint density at radius 3 is 2.59 bits per heavy atom. The molecule has 0 atom stereocenters. The van der Waals surface area contributed by atoms with Crippen LogP contribution in [0.3, 0.4) is 0 Å². The highest BCUT2D eigenvalue weighted by Crippen LogP contribution is 2.40. The van der Waals surface area contributed by atoms with Crippen LogP contribution in [-0.2, 0) is 0 Å². The minimum atomic E-state index is 0.325. The van der Waals surface area contributed by atoms with Gasteiger partial charge >= 0.3 is 0 Å². The lowest BCUT2D eigenvalue weighted by Crippen LogP contribution is -2.00. The van der Waals surface area contributed by atoms with Crippen molar-refractivity contribution in [2.45, 2.75) is 43.5 Å². The van der Waals surface area contributed by atoms with Crippen LogP contribution in [0.5, 0.6) is 0 Å². The van der Waals surface area contributed by atoms with Gasteiger partial charge in [0.2, 0.25) is 0 Å². The Labute approximate surface area is 169 Å². The van der Waals surface area contributed by atoms with Gasteiger partial charge in [-0.05, 0) is 52.0 Å². The van der Waals surface area contributed by atoms with E-state index in [2.05, 4.69) is 73.9 Å². The van der Waals surface area contributed by atoms with Gasteiger partial charge in [-0.2, -0.15) is 5.10 Å². The Balaban J connectivity index is 1.91. The normalized spacial score (nSPS) is 11.6. The monoisotopic (exact) mass is 395 g/mol. The van der Waals surface area contributed by atoms with Crippen molar-refractivity contribution in [3.63, 3.8) is 0 Å². The first-order valence-corrected chi connectivity index (χ1v) is 10.2. The maximum Gasteiger partial charge on any atom is 0.0841 e. The number of aryl methyl sites for hydroxylation is 1. The fourth-order valence-corrected chi connectivity index (χ4v) is 4.66. The van der Waals surface area contributed by atoms with E-state index in [0.717, 1.165) is 16.2 Å². The Morgan fingerprint density at radius 2 is 1.89 bits per heavy atom. The Kier molecular flexibility index (Phi) is 4.79. The number of benzene rings is 2. The third-order valence-electron chi connectivity index (χ3n) is 4.69. The minimum Gasteiger partial charge on any atom is -0.310 e. The molecule has 0 spiro atoms. The zero-order chi connectivity index (χ0) is 19.1. The van der Waals surface area contributed by atoms with Gasteiger partial charge in [0.1, 0.15) is 0 Å². The standard InChI is InChI=1S/C22H22ClN3S/c1-14(2)25-13-18(12-24-25)26-16(4)22(20-9-8-17(23)11-21(20)26)27-19-7-5-6-15(3)10-19/h5-14H,1-4H3. The first kappa shape index (κ1) is 18.2. The van der Waals surface area contributed by atoms with Gasteiger partial charge < -0.3 is 4.57 Å².